The Morgan fingerprint density at radius 3 is 0.0968 bits per heavy atom. The third-order valence-corrected chi connectivity index (χ3v) is 0. The van der Waals surface area contributed by atoms with Crippen molar-refractivity contribution in [3.63, 3.8) is 0 Å². The molecule has 0 saturated carbocycles. The van der Waals surface area contributed by atoms with Crippen molar-refractivity contribution in [3.05, 3.63) is 0 Å². The minimum absolute atomic E-state index is 0.194. The van der Waals surface area contributed by atoms with Gasteiger partial charge in [-0.3, -0.25) is 0 Å². The van der Waals surface area contributed by atoms with Crippen LogP contribution in [-0.2, 0) is 0 Å². The molecule has 1 nitrogen and oxygen atoms in total. The molecule has 0 aliphatic carbocycles. The second-order valence-corrected chi connectivity index (χ2v) is 27.6. The van der Waals surface area contributed by atoms with Gasteiger partial charge in [-0.25, -0.2) is 0 Å². The van der Waals surface area contributed by atoms with Gasteiger partial charge in [0.1, 0.15) is 0 Å². The van der Waals surface area contributed by atoms with Crippen LogP contribution in [0.2, 0.25) is 0 Å². The van der Waals surface area contributed by atoms with Crippen molar-refractivity contribution >= 4 is 696 Å². The van der Waals surface area contributed by atoms with Gasteiger partial charge in [-0.05, 0) is 6.92 Å². The first-order valence-electron chi connectivity index (χ1n) is 17.1. The first-order chi connectivity index (χ1) is 43.8. The van der Waals surface area contributed by atoms with Crippen LogP contribution in [0.3, 0.4) is 0 Å². The van der Waals surface area contributed by atoms with Crippen molar-refractivity contribution in [3.8, 4) is 0 Å². The van der Waals surface area contributed by atoms with Crippen molar-refractivity contribution < 1.29 is 5.11 Å². The molecule has 0 aromatic rings. The van der Waals surface area contributed by atoms with E-state index in [9.17, 15) is 0 Å². The Morgan fingerprint density at radius 1 is 0.0968 bits per heavy atom. The molecule has 0 amide bonds. The van der Waals surface area contributed by atoms with Crippen molar-refractivity contribution in [1.82, 2.24) is 0 Å². The summed E-state index contributed by atoms with van der Waals surface area (Å²) in [6.07, 6.45) is 0. The summed E-state index contributed by atoms with van der Waals surface area (Å²) in [7, 11) is 0. The van der Waals surface area contributed by atoms with E-state index < -0.39 is 0 Å². The Morgan fingerprint density at radius 2 is 0.0968 bits per heavy atom. The highest BCUT2D eigenvalue weighted by Crippen LogP contribution is 1.81. The highest BCUT2D eigenvalue weighted by Gasteiger charge is 1.50. The molecule has 0 rings (SSSR count). The van der Waals surface area contributed by atoms with Gasteiger partial charge in [-0.1, -0.05) is 0 Å². The van der Waals surface area contributed by atoms with Gasteiger partial charge >= 0.3 is 0 Å². The number of alkyl halides is 60. The Bertz CT molecular complexity index is 247. The Hall–Kier alpha value is 17.4. The van der Waals surface area contributed by atoms with Crippen LogP contribution in [0.4, 0.5) is 0 Å². The van der Waals surface area contributed by atoms with E-state index in [1.54, 1.807) is 6.92 Å². The summed E-state index contributed by atoms with van der Waals surface area (Å²) >= 11 is 286. The maximum Gasteiger partial charge on any atom is 0.0967 e. The monoisotopic (exact) mass is 2560 g/mol. The van der Waals surface area contributed by atoms with Gasteiger partial charge in [0.2, 0.25) is 0 Å². The number of halogens is 60. The Kier molecular flexibility index (Phi) is 1240. The molecule has 0 atom stereocenters. The summed E-state index contributed by atoms with van der Waals surface area (Å²) in [4.78, 5) is 0. The van der Waals surface area contributed by atoms with E-state index in [0.29, 0.717) is 0 Å². The first kappa shape index (κ1) is 210. The largest absolute Gasteiger partial charge is 0.397 e. The summed E-state index contributed by atoms with van der Waals surface area (Å²) in [6.45, 7) is 1.93. The highest BCUT2D eigenvalue weighted by atomic mass is 35.6. The Balaban J connectivity index is -0.0000000147. The zero-order valence-electron chi connectivity index (χ0n) is 46.0. The fraction of sp³-hybridized carbons (Fsp3) is 1.00. The maximum atomic E-state index is 7.57. The fourth-order valence-electron chi connectivity index (χ4n) is 0. The molecule has 0 aliphatic rings. The van der Waals surface area contributed by atoms with Crippen molar-refractivity contribution in [1.29, 1.82) is 0 Å². The average Bonchev–Trinajstić information content (AvgIpc) is 3.44. The van der Waals surface area contributed by atoms with E-state index in [2.05, 4.69) is 0 Å². The minimum atomic E-state index is 0.194. The number of hydrogen-bond donors (Lipinski definition) is 1. The molecule has 0 aromatic heterocycles. The van der Waals surface area contributed by atoms with Gasteiger partial charge in [-0.2, -0.15) is 0 Å². The smallest absolute Gasteiger partial charge is 0.0967 e. The van der Waals surface area contributed by atoms with Crippen LogP contribution in [0.5, 0.6) is 0 Å². The molecule has 0 bridgehead atoms. The summed E-state index contributed by atoms with van der Waals surface area (Å²) in [5.41, 5.74) is 0. The maximum absolute atomic E-state index is 7.57. The average molecular weight is 2590 g/mol. The predicted octanol–water partition coefficient (Wildman–Crippen LogP) is 42.6. The molecule has 61 heteroatoms. The van der Waals surface area contributed by atoms with Gasteiger partial charge in [0.25, 0.3) is 0 Å². The van der Waals surface area contributed by atoms with Crippen LogP contribution >= 0.6 is 696 Å². The van der Waals surface area contributed by atoms with Crippen LogP contribution in [0.25, 0.3) is 0 Å². The van der Waals surface area contributed by atoms with E-state index in [-0.39, 0.29) is 167 Å². The molecule has 0 aromatic carbocycles. The molecule has 0 aliphatic heterocycles. The minimum Gasteiger partial charge on any atom is -0.397 e. The van der Waals surface area contributed by atoms with E-state index in [1.165, 1.54) is 0 Å². The summed E-state index contributed by atoms with van der Waals surface area (Å²) in [5, 5.41) is 13.4. The van der Waals surface area contributed by atoms with E-state index in [0.717, 1.165) is 0 Å². The van der Waals surface area contributed by atoms with Gasteiger partial charge in [0.15, 0.2) is 0 Å². The molecule has 0 spiro atoms. The number of aliphatic hydroxyl groups excluding tert-OH is 1. The standard InChI is InChI=1S/C2H6O.30CH2Cl2/c1-2-3;30*2-1-3/h3H,2H2,1H3;30*1H2. The van der Waals surface area contributed by atoms with Gasteiger partial charge < -0.3 is 5.11 Å². The van der Waals surface area contributed by atoms with Gasteiger partial charge in [-0.15, -0.1) is 696 Å². The lowest BCUT2D eigenvalue weighted by atomic mass is 10.9. The van der Waals surface area contributed by atoms with E-state index in [4.69, 9.17) is 701 Å². The summed E-state index contributed by atoms with van der Waals surface area (Å²) < 4.78 is 0. The summed E-state index contributed by atoms with van der Waals surface area (Å²) in [6, 6.07) is 0. The lowest BCUT2D eigenvalue weighted by molar-refractivity contribution is 0.318. The zero-order valence-corrected chi connectivity index (χ0v) is 91.4. The van der Waals surface area contributed by atoms with Crippen LogP contribution in [-0.4, -0.2) is 172 Å². The van der Waals surface area contributed by atoms with Crippen molar-refractivity contribution in [2.45, 2.75) is 6.92 Å². The second-order valence-electron chi connectivity index (χ2n) is 3.35. The van der Waals surface area contributed by atoms with E-state index >= 15 is 0 Å². The number of rotatable bonds is 0. The summed E-state index contributed by atoms with van der Waals surface area (Å²) in [5.74, 6) is 0. The molecule has 0 saturated heterocycles. The van der Waals surface area contributed by atoms with Gasteiger partial charge in [0.05, 0.1) is 160 Å². The van der Waals surface area contributed by atoms with E-state index in [1.807, 2.05) is 0 Å². The predicted molar refractivity (Wildman–Crippen MR) is 510 cm³/mol. The third-order valence-electron chi connectivity index (χ3n) is 0. The Labute approximate surface area is 859 Å². The van der Waals surface area contributed by atoms with Crippen LogP contribution in [0.1, 0.15) is 6.92 Å². The van der Waals surface area contributed by atoms with Crippen LogP contribution in [0.15, 0.2) is 0 Å². The fourth-order valence-corrected chi connectivity index (χ4v) is 0. The van der Waals surface area contributed by atoms with Gasteiger partial charge in [0, 0.05) is 6.61 Å². The normalized spacial score (nSPS) is 6.00. The molecular formula is C32H66Cl60O. The number of hydrogen-bond acceptors (Lipinski definition) is 1. The van der Waals surface area contributed by atoms with Crippen molar-refractivity contribution in [2.75, 3.05) is 167 Å². The molecular weight excluding hydrogens is 2530 g/mol. The highest BCUT2D eigenvalue weighted by molar-refractivity contribution is 6.48. The lowest BCUT2D eigenvalue weighted by Crippen LogP contribution is -1.57. The molecule has 0 fully saturated rings. The molecule has 0 heterocycles. The van der Waals surface area contributed by atoms with Crippen LogP contribution < -0.4 is 0 Å². The second kappa shape index (κ2) is 549. The van der Waals surface area contributed by atoms with Crippen molar-refractivity contribution in [2.24, 2.45) is 0 Å². The first-order valence-corrected chi connectivity index (χ1v) is 49.1. The van der Waals surface area contributed by atoms with Crippen LogP contribution in [0, 0.1) is 0 Å². The molecule has 1 N–H and O–H groups in total. The zero-order chi connectivity index (χ0) is 83.9. The molecule has 0 unspecified atom stereocenters. The number of aliphatic hydroxyl groups is 1. The molecule has 620 valence electrons. The quantitative estimate of drug-likeness (QED) is 0.240. The lowest BCUT2D eigenvalue weighted by Gasteiger charge is -1.52. The topological polar surface area (TPSA) is 20.2 Å². The molecule has 0 radical (unpaired) electrons. The SMILES string of the molecule is CCO.ClCCl.ClCCl.ClCCl.ClCCl.ClCCl.ClCCl.ClCCl.ClCCl.ClCCl.ClCCl.ClCCl.ClCCl.ClCCl.ClCCl.ClCCl.ClCCl.ClCCl.ClCCl.ClCCl.ClCCl.ClCCl.ClCCl.ClCCl.ClCCl.ClCCl.ClCCl.ClCCl.ClCCl.ClCCl.ClCCl. The third kappa shape index (κ3) is 4180. The molecule has 93 heavy (non-hydrogen) atoms.